The molecular weight excluding hydrogens is 264 g/mol. The van der Waals surface area contributed by atoms with Gasteiger partial charge in [-0.2, -0.15) is 0 Å². The molecule has 0 N–H and O–H groups in total. The molecule has 0 saturated carbocycles. The molecule has 0 heterocycles. The van der Waals surface area contributed by atoms with Crippen LogP contribution in [0.15, 0.2) is 0 Å². The Balaban J connectivity index is 3.79. The summed E-state index contributed by atoms with van der Waals surface area (Å²) in [5.41, 5.74) is 0. The van der Waals surface area contributed by atoms with Gasteiger partial charge < -0.3 is 0 Å². The van der Waals surface area contributed by atoms with Crippen molar-refractivity contribution in [1.29, 1.82) is 0 Å². The van der Waals surface area contributed by atoms with Gasteiger partial charge in [-0.25, -0.2) is 0 Å². The van der Waals surface area contributed by atoms with E-state index in [1.165, 1.54) is 103 Å². The van der Waals surface area contributed by atoms with Crippen molar-refractivity contribution in [2.75, 3.05) is 0 Å². The fourth-order valence-corrected chi connectivity index (χ4v) is 3.69. The lowest BCUT2D eigenvalue weighted by Crippen LogP contribution is -2.07. The minimum absolute atomic E-state index is 0.957. The highest BCUT2D eigenvalue weighted by molar-refractivity contribution is 4.65. The van der Waals surface area contributed by atoms with Gasteiger partial charge in [0.05, 0.1) is 0 Å². The van der Waals surface area contributed by atoms with Crippen molar-refractivity contribution in [2.24, 2.45) is 11.8 Å². The van der Waals surface area contributed by atoms with E-state index in [-0.39, 0.29) is 0 Å². The van der Waals surface area contributed by atoms with E-state index < -0.39 is 0 Å². The third kappa shape index (κ3) is 14.9. The number of unbranched alkanes of at least 4 members (excludes halogenated alkanes) is 9. The largest absolute Gasteiger partial charge is 0.0654 e. The molecule has 0 aromatic heterocycles. The van der Waals surface area contributed by atoms with E-state index in [9.17, 15) is 0 Å². The van der Waals surface area contributed by atoms with Gasteiger partial charge in [-0.15, -0.1) is 0 Å². The van der Waals surface area contributed by atoms with Crippen LogP contribution in [0.2, 0.25) is 0 Å². The van der Waals surface area contributed by atoms with Gasteiger partial charge in [0.2, 0.25) is 0 Å². The molecule has 0 aliphatic rings. The molecule has 2 unspecified atom stereocenters. The first-order valence-electron chi connectivity index (χ1n) is 10.7. The van der Waals surface area contributed by atoms with Crippen LogP contribution in [-0.2, 0) is 0 Å². The first-order chi connectivity index (χ1) is 10.7. The zero-order valence-corrected chi connectivity index (χ0v) is 16.5. The van der Waals surface area contributed by atoms with Crippen molar-refractivity contribution in [1.82, 2.24) is 0 Å². The van der Waals surface area contributed by atoms with Crippen LogP contribution in [0.4, 0.5) is 0 Å². The molecule has 22 heavy (non-hydrogen) atoms. The molecule has 0 heteroatoms. The molecule has 0 fully saturated rings. The smallest absolute Gasteiger partial charge is 0.0412 e. The Morgan fingerprint density at radius 2 is 0.955 bits per heavy atom. The van der Waals surface area contributed by atoms with E-state index in [0.29, 0.717) is 0 Å². The molecule has 0 aromatic rings. The Kier molecular flexibility index (Phi) is 17.4. The molecular formula is C22H46. The zero-order valence-electron chi connectivity index (χ0n) is 16.5. The average Bonchev–Trinajstić information content (AvgIpc) is 2.52. The van der Waals surface area contributed by atoms with Gasteiger partial charge in [-0.3, -0.25) is 0 Å². The molecule has 0 aliphatic heterocycles. The molecule has 0 aromatic carbocycles. The maximum absolute atomic E-state index is 2.51. The topological polar surface area (TPSA) is 0 Å². The lowest BCUT2D eigenvalue weighted by atomic mass is 9.85. The van der Waals surface area contributed by atoms with E-state index in [4.69, 9.17) is 0 Å². The highest BCUT2D eigenvalue weighted by Crippen LogP contribution is 2.27. The molecule has 134 valence electrons. The number of hydrogen-bond donors (Lipinski definition) is 0. The fourth-order valence-electron chi connectivity index (χ4n) is 3.69. The van der Waals surface area contributed by atoms with E-state index in [0.717, 1.165) is 11.8 Å². The summed E-state index contributed by atoms with van der Waals surface area (Å²) in [5.74, 6) is 1.98. The lowest BCUT2D eigenvalue weighted by Gasteiger charge is -2.21. The highest BCUT2D eigenvalue weighted by Gasteiger charge is 2.12. The van der Waals surface area contributed by atoms with E-state index >= 15 is 0 Å². The second-order valence-electron chi connectivity index (χ2n) is 7.75. The monoisotopic (exact) mass is 310 g/mol. The van der Waals surface area contributed by atoms with Crippen LogP contribution in [-0.4, -0.2) is 0 Å². The quantitative estimate of drug-likeness (QED) is 0.236. The minimum atomic E-state index is 0.957. The Morgan fingerprint density at radius 3 is 1.59 bits per heavy atom. The predicted octanol–water partition coefficient (Wildman–Crippen LogP) is 8.54. The van der Waals surface area contributed by atoms with E-state index in [1.54, 1.807) is 0 Å². The summed E-state index contributed by atoms with van der Waals surface area (Å²) in [6.45, 7) is 9.47. The highest BCUT2D eigenvalue weighted by atomic mass is 14.2. The molecule has 0 nitrogen and oxygen atoms in total. The van der Waals surface area contributed by atoms with Crippen molar-refractivity contribution < 1.29 is 0 Å². The number of rotatable bonds is 17. The summed E-state index contributed by atoms with van der Waals surface area (Å²) in [6.07, 6.45) is 23.2. The maximum atomic E-state index is 2.51. The van der Waals surface area contributed by atoms with Gasteiger partial charge in [-0.1, -0.05) is 124 Å². The van der Waals surface area contributed by atoms with Gasteiger partial charge in [-0.05, 0) is 18.3 Å². The Morgan fingerprint density at radius 1 is 0.500 bits per heavy atom. The fraction of sp³-hybridized carbons (Fsp3) is 1.00. The van der Waals surface area contributed by atoms with Gasteiger partial charge in [0.1, 0.15) is 0 Å². The zero-order chi connectivity index (χ0) is 16.5. The third-order valence-electron chi connectivity index (χ3n) is 5.22. The summed E-state index contributed by atoms with van der Waals surface area (Å²) in [4.78, 5) is 0. The Bertz CT molecular complexity index is 196. The van der Waals surface area contributed by atoms with Gasteiger partial charge >= 0.3 is 0 Å². The van der Waals surface area contributed by atoms with Crippen molar-refractivity contribution in [3.8, 4) is 0 Å². The van der Waals surface area contributed by atoms with Crippen LogP contribution in [0.3, 0.4) is 0 Å². The van der Waals surface area contributed by atoms with Gasteiger partial charge in [0.15, 0.2) is 0 Å². The van der Waals surface area contributed by atoms with Crippen molar-refractivity contribution in [3.05, 3.63) is 0 Å². The second-order valence-corrected chi connectivity index (χ2v) is 7.75. The van der Waals surface area contributed by atoms with Crippen LogP contribution in [0, 0.1) is 11.8 Å². The first-order valence-corrected chi connectivity index (χ1v) is 10.7. The van der Waals surface area contributed by atoms with E-state index in [2.05, 4.69) is 27.7 Å². The van der Waals surface area contributed by atoms with Crippen LogP contribution < -0.4 is 0 Å². The summed E-state index contributed by atoms with van der Waals surface area (Å²) in [5, 5.41) is 0. The van der Waals surface area contributed by atoms with Crippen LogP contribution in [0.25, 0.3) is 0 Å². The summed E-state index contributed by atoms with van der Waals surface area (Å²) in [6, 6.07) is 0. The molecule has 0 bridgehead atoms. The normalized spacial score (nSPS) is 14.2. The van der Waals surface area contributed by atoms with Gasteiger partial charge in [0.25, 0.3) is 0 Å². The molecule has 0 radical (unpaired) electrons. The summed E-state index contributed by atoms with van der Waals surface area (Å²) >= 11 is 0. The number of hydrogen-bond acceptors (Lipinski definition) is 0. The molecule has 0 aliphatic carbocycles. The van der Waals surface area contributed by atoms with Crippen LogP contribution >= 0.6 is 0 Å². The minimum Gasteiger partial charge on any atom is -0.0654 e. The summed E-state index contributed by atoms with van der Waals surface area (Å²) in [7, 11) is 0. The molecule has 0 spiro atoms. The van der Waals surface area contributed by atoms with E-state index in [1.807, 2.05) is 0 Å². The summed E-state index contributed by atoms with van der Waals surface area (Å²) < 4.78 is 0. The van der Waals surface area contributed by atoms with Crippen LogP contribution in [0.1, 0.15) is 130 Å². The van der Waals surface area contributed by atoms with Crippen molar-refractivity contribution in [3.63, 3.8) is 0 Å². The molecule has 2 atom stereocenters. The first kappa shape index (κ1) is 22.0. The van der Waals surface area contributed by atoms with Crippen molar-refractivity contribution >= 4 is 0 Å². The molecule has 0 rings (SSSR count). The molecule has 0 saturated heterocycles. The SMILES string of the molecule is CCCCCCCCC(CCCC)CC(C)CCCCCC. The maximum Gasteiger partial charge on any atom is -0.0412 e. The average molecular weight is 311 g/mol. The standard InChI is InChI=1S/C22H46/c1-5-8-11-13-14-16-19-22(18-10-7-3)20-21(4)17-15-12-9-6-2/h21-22H,5-20H2,1-4H3. The Labute approximate surface area is 142 Å². The second kappa shape index (κ2) is 17.4. The Hall–Kier alpha value is 0. The van der Waals surface area contributed by atoms with Crippen molar-refractivity contribution in [2.45, 2.75) is 130 Å². The third-order valence-corrected chi connectivity index (χ3v) is 5.22. The lowest BCUT2D eigenvalue weighted by molar-refractivity contribution is 0.316. The van der Waals surface area contributed by atoms with Gasteiger partial charge in [0, 0.05) is 0 Å². The van der Waals surface area contributed by atoms with Crippen LogP contribution in [0.5, 0.6) is 0 Å². The molecule has 0 amide bonds. The predicted molar refractivity (Wildman–Crippen MR) is 104 cm³/mol.